The van der Waals surface area contributed by atoms with E-state index in [1.807, 2.05) is 23.6 Å². The quantitative estimate of drug-likeness (QED) is 0.886. The van der Waals surface area contributed by atoms with Gasteiger partial charge < -0.3 is 4.55 Å². The third-order valence-electron chi connectivity index (χ3n) is 2.00. The van der Waals surface area contributed by atoms with E-state index in [-0.39, 0.29) is 0 Å². The molecule has 1 N–H and O–H groups in total. The molecule has 0 aliphatic rings. The summed E-state index contributed by atoms with van der Waals surface area (Å²) in [5.41, 5.74) is 1.00. The molecule has 0 saturated heterocycles. The Labute approximate surface area is 102 Å². The van der Waals surface area contributed by atoms with Crippen molar-refractivity contribution >= 4 is 48.6 Å². The van der Waals surface area contributed by atoms with Gasteiger partial charge in [-0.15, -0.1) is 11.3 Å². The number of benzene rings is 1. The van der Waals surface area contributed by atoms with E-state index in [1.54, 1.807) is 11.3 Å². The molecule has 0 bridgehead atoms. The van der Waals surface area contributed by atoms with Gasteiger partial charge in [-0.25, -0.2) is 4.72 Å². The van der Waals surface area contributed by atoms with Crippen molar-refractivity contribution in [1.29, 1.82) is 0 Å². The van der Waals surface area contributed by atoms with E-state index in [2.05, 4.69) is 20.7 Å². The smallest absolute Gasteiger partial charge is 0.0346 e. The van der Waals surface area contributed by atoms with E-state index < -0.39 is 11.3 Å². The van der Waals surface area contributed by atoms with Gasteiger partial charge in [-0.05, 0) is 34.5 Å². The molecule has 0 fully saturated rings. The summed E-state index contributed by atoms with van der Waals surface area (Å²) in [6, 6.07) is 5.99. The minimum atomic E-state index is -2.21. The van der Waals surface area contributed by atoms with Crippen LogP contribution in [0.2, 0.25) is 0 Å². The minimum Gasteiger partial charge on any atom is -0.760 e. The summed E-state index contributed by atoms with van der Waals surface area (Å²) in [5, 5.41) is 3.06. The van der Waals surface area contributed by atoms with Gasteiger partial charge in [0.25, 0.3) is 0 Å². The van der Waals surface area contributed by atoms with Crippen LogP contribution < -0.4 is 4.72 Å². The first kappa shape index (κ1) is 11.2. The van der Waals surface area contributed by atoms with Crippen LogP contribution in [-0.4, -0.2) is 8.76 Å². The van der Waals surface area contributed by atoms with Gasteiger partial charge in [0, 0.05) is 27.0 Å². The summed E-state index contributed by atoms with van der Waals surface area (Å²) in [7, 11) is 0. The van der Waals surface area contributed by atoms with Crippen molar-refractivity contribution in [2.45, 2.75) is 6.54 Å². The topological polar surface area (TPSA) is 52.2 Å². The number of thiophene rings is 1. The summed E-state index contributed by atoms with van der Waals surface area (Å²) in [5.74, 6) is 0. The van der Waals surface area contributed by atoms with Gasteiger partial charge >= 0.3 is 0 Å². The molecule has 0 saturated carbocycles. The Morgan fingerprint density at radius 1 is 1.53 bits per heavy atom. The molecule has 1 unspecified atom stereocenters. The lowest BCUT2D eigenvalue weighted by Crippen LogP contribution is -2.15. The number of hydrogen-bond acceptors (Lipinski definition) is 3. The fourth-order valence-corrected chi connectivity index (χ4v) is 2.91. The lowest BCUT2D eigenvalue weighted by atomic mass is 10.2. The van der Waals surface area contributed by atoms with Crippen LogP contribution in [0, 0.1) is 0 Å². The van der Waals surface area contributed by atoms with E-state index in [0.29, 0.717) is 6.54 Å². The molecule has 0 aliphatic heterocycles. The standard InChI is InChI=1S/C9H8BrNO2S2/c10-7-1-2-9-8(3-7)6(5-14-9)4-11-15(12)13/h1-3,5,11H,4H2,(H,12,13)/p-1. The molecule has 1 heterocycles. The highest BCUT2D eigenvalue weighted by Gasteiger charge is 2.03. The second kappa shape index (κ2) is 4.71. The molecule has 0 radical (unpaired) electrons. The van der Waals surface area contributed by atoms with E-state index >= 15 is 0 Å². The van der Waals surface area contributed by atoms with Gasteiger partial charge in [0.05, 0.1) is 0 Å². The molecule has 1 aromatic carbocycles. The first-order valence-electron chi connectivity index (χ1n) is 4.15. The fraction of sp³-hybridized carbons (Fsp3) is 0.111. The Morgan fingerprint density at radius 2 is 2.33 bits per heavy atom. The number of rotatable bonds is 3. The van der Waals surface area contributed by atoms with Crippen molar-refractivity contribution in [3.05, 3.63) is 33.6 Å². The normalized spacial score (nSPS) is 13.2. The largest absolute Gasteiger partial charge is 0.760 e. The zero-order chi connectivity index (χ0) is 10.8. The summed E-state index contributed by atoms with van der Waals surface area (Å²) in [4.78, 5) is 0. The molecule has 15 heavy (non-hydrogen) atoms. The number of hydrogen-bond donors (Lipinski definition) is 1. The van der Waals surface area contributed by atoms with Crippen LogP contribution in [0.3, 0.4) is 0 Å². The first-order valence-corrected chi connectivity index (χ1v) is 6.90. The Balaban J connectivity index is 2.35. The van der Waals surface area contributed by atoms with E-state index in [1.165, 1.54) is 0 Å². The van der Waals surface area contributed by atoms with Crippen LogP contribution >= 0.6 is 27.3 Å². The highest BCUT2D eigenvalue weighted by atomic mass is 79.9. The Bertz CT molecular complexity index is 512. The maximum absolute atomic E-state index is 10.4. The number of nitrogens with one attached hydrogen (secondary N) is 1. The summed E-state index contributed by atoms with van der Waals surface area (Å²) >= 11 is 2.80. The Hall–Kier alpha value is -0.270. The zero-order valence-electron chi connectivity index (χ0n) is 7.53. The Kier molecular flexibility index (Phi) is 3.53. The molecule has 2 rings (SSSR count). The SMILES string of the molecule is O=S([O-])NCc1csc2ccc(Br)cc12. The van der Waals surface area contributed by atoms with E-state index in [9.17, 15) is 8.76 Å². The van der Waals surface area contributed by atoms with Gasteiger partial charge in [-0.3, -0.25) is 4.21 Å². The predicted octanol–water partition coefficient (Wildman–Crippen LogP) is 2.55. The number of halogens is 1. The molecule has 0 amide bonds. The lowest BCUT2D eigenvalue weighted by molar-refractivity contribution is 0.523. The minimum absolute atomic E-state index is 0.340. The van der Waals surface area contributed by atoms with Crippen molar-refractivity contribution in [3.8, 4) is 0 Å². The summed E-state index contributed by atoms with van der Waals surface area (Å²) in [6.07, 6.45) is 0. The van der Waals surface area contributed by atoms with Gasteiger partial charge in [0.2, 0.25) is 0 Å². The van der Waals surface area contributed by atoms with Gasteiger partial charge in [-0.2, -0.15) is 0 Å². The van der Waals surface area contributed by atoms with Crippen LogP contribution in [0.4, 0.5) is 0 Å². The van der Waals surface area contributed by atoms with Crippen molar-refractivity contribution in [3.63, 3.8) is 0 Å². The third kappa shape index (κ3) is 2.64. The first-order chi connectivity index (χ1) is 7.16. The molecule has 0 spiro atoms. The summed E-state index contributed by atoms with van der Waals surface area (Å²) in [6.45, 7) is 0.340. The predicted molar refractivity (Wildman–Crippen MR) is 65.3 cm³/mol. The van der Waals surface area contributed by atoms with Crippen LogP contribution in [-0.2, 0) is 17.8 Å². The maximum atomic E-state index is 10.4. The second-order valence-electron chi connectivity index (χ2n) is 2.96. The average Bonchev–Trinajstić information content (AvgIpc) is 2.57. The molecule has 2 aromatic rings. The van der Waals surface area contributed by atoms with Crippen molar-refractivity contribution in [2.75, 3.05) is 0 Å². The Morgan fingerprint density at radius 3 is 3.07 bits per heavy atom. The zero-order valence-corrected chi connectivity index (χ0v) is 10.7. The van der Waals surface area contributed by atoms with Crippen molar-refractivity contribution < 1.29 is 8.76 Å². The molecular weight excluding hydrogens is 298 g/mol. The van der Waals surface area contributed by atoms with Crippen LogP contribution in [0.1, 0.15) is 5.56 Å². The van der Waals surface area contributed by atoms with Gasteiger partial charge in [0.15, 0.2) is 0 Å². The maximum Gasteiger partial charge on any atom is 0.0346 e. The molecule has 1 atom stereocenters. The van der Waals surface area contributed by atoms with E-state index in [4.69, 9.17) is 0 Å². The average molecular weight is 305 g/mol. The van der Waals surface area contributed by atoms with E-state index in [0.717, 1.165) is 20.1 Å². The van der Waals surface area contributed by atoms with Gasteiger partial charge in [0.1, 0.15) is 0 Å². The molecule has 1 aromatic heterocycles. The second-order valence-corrected chi connectivity index (χ2v) is 5.54. The highest BCUT2D eigenvalue weighted by molar-refractivity contribution is 9.10. The third-order valence-corrected chi connectivity index (χ3v) is 3.88. The van der Waals surface area contributed by atoms with Crippen LogP contribution in [0.25, 0.3) is 10.1 Å². The van der Waals surface area contributed by atoms with Gasteiger partial charge in [-0.1, -0.05) is 15.9 Å². The molecular formula is C9H7BrNO2S2-. The highest BCUT2D eigenvalue weighted by Crippen LogP contribution is 2.28. The van der Waals surface area contributed by atoms with Crippen molar-refractivity contribution in [1.82, 2.24) is 4.72 Å². The van der Waals surface area contributed by atoms with Crippen molar-refractivity contribution in [2.24, 2.45) is 0 Å². The van der Waals surface area contributed by atoms with Crippen LogP contribution in [0.5, 0.6) is 0 Å². The lowest BCUT2D eigenvalue weighted by Gasteiger charge is -2.05. The number of fused-ring (bicyclic) bond motifs is 1. The monoisotopic (exact) mass is 304 g/mol. The molecule has 80 valence electrons. The molecule has 0 aliphatic carbocycles. The summed E-state index contributed by atoms with van der Waals surface area (Å²) < 4.78 is 25.3. The molecule has 6 heteroatoms. The fourth-order valence-electron chi connectivity index (χ4n) is 1.33. The molecule has 3 nitrogen and oxygen atoms in total. The van der Waals surface area contributed by atoms with Crippen LogP contribution in [0.15, 0.2) is 28.1 Å².